The molecule has 91 heavy (non-hydrogen) atoms. The minimum Gasteiger partial charge on any atom is -0.479 e. The molecule has 4 saturated heterocycles. The van der Waals surface area contributed by atoms with Gasteiger partial charge in [-0.15, -0.1) is 0 Å². The molecular formula is C58H94N5O27P. The van der Waals surface area contributed by atoms with Crippen molar-refractivity contribution in [2.24, 2.45) is 22.6 Å². The molecular weight excluding hydrogens is 1230 g/mol. The number of ether oxygens (including phenoxy) is 9. The Kier molecular flexibility index (Phi) is 30.0. The molecule has 4 aliphatic heterocycles. The van der Waals surface area contributed by atoms with Crippen molar-refractivity contribution in [3.8, 4) is 0 Å². The first-order valence-corrected chi connectivity index (χ1v) is 31.0. The van der Waals surface area contributed by atoms with E-state index in [0.717, 1.165) is 64.0 Å². The second kappa shape index (κ2) is 34.8. The van der Waals surface area contributed by atoms with Crippen LogP contribution in [0.15, 0.2) is 59.3 Å². The Labute approximate surface area is 527 Å². The standard InChI is InChI=1S/C58H94N5O27P/c1-27(2)15-14-17-28(3)18-19-30(5)20-23-57(9,10)22-13-12-16-29(4)21-24-80-35(51(74)75)26-81-91(78,79)90-55-46(47(89-56(61)76)58(11,77)48(88-55)50(60)73)87-53-37(63-33(8)66)39(68)44(34(25-64)83-53)85-52-36(62-32(7)65)38(67)43(31(6)82-52)84-54-42(71)40(69)41(70)45(86-54)49(59)72/h13,15,18,21-22,31,34-48,52-55,64,67-71,77H,5,12,14,16-17,19-20,23-26H2,1-4,6-11H3,(H2,59,72)(H2,60,73)(H2,61,76)(H,62,65)(H,63,66)(H,74,75)(H,78,79)/b22-13+,28-18+,29-21+/t31-,34-,35?,36-,37-,38-,39+,40-,41+,42+,43-,44-,45-,46-,47-,48-,52+,53+,54+,55-,58+/m1/s1. The summed E-state index contributed by atoms with van der Waals surface area (Å²) in [5, 5.41) is 92.4. The number of phosphoric ester groups is 1. The summed E-state index contributed by atoms with van der Waals surface area (Å²) in [7, 11) is -5.71. The fraction of sp³-hybridized carbons (Fsp3) is 0.724. The van der Waals surface area contributed by atoms with Crippen LogP contribution in [0.25, 0.3) is 0 Å². The van der Waals surface area contributed by atoms with Gasteiger partial charge in [-0.3, -0.25) is 28.2 Å². The lowest BCUT2D eigenvalue weighted by Gasteiger charge is -2.51. The largest absolute Gasteiger partial charge is 0.479 e. The van der Waals surface area contributed by atoms with E-state index >= 15 is 0 Å². The molecule has 17 N–H and O–H groups in total. The molecule has 0 radical (unpaired) electrons. The molecule has 4 heterocycles. The molecule has 32 nitrogen and oxygen atoms in total. The maximum absolute atomic E-state index is 13.8. The molecule has 4 fully saturated rings. The van der Waals surface area contributed by atoms with Gasteiger partial charge in [0.25, 0.3) is 0 Å². The van der Waals surface area contributed by atoms with Crippen LogP contribution in [0.2, 0.25) is 0 Å². The summed E-state index contributed by atoms with van der Waals surface area (Å²) in [6.45, 7) is 18.2. The Morgan fingerprint density at radius 1 is 0.725 bits per heavy atom. The number of allylic oxidation sites excluding steroid dienone is 8. The van der Waals surface area contributed by atoms with Crippen LogP contribution in [0.5, 0.6) is 0 Å². The van der Waals surface area contributed by atoms with Crippen LogP contribution in [0.3, 0.4) is 0 Å². The zero-order valence-corrected chi connectivity index (χ0v) is 53.7. The van der Waals surface area contributed by atoms with Gasteiger partial charge < -0.3 is 116 Å². The molecule has 4 aliphatic rings. The molecule has 33 heteroatoms. The minimum atomic E-state index is -5.71. The van der Waals surface area contributed by atoms with Crippen molar-refractivity contribution in [2.45, 2.75) is 242 Å². The number of hydrogen-bond donors (Lipinski definition) is 14. The summed E-state index contributed by atoms with van der Waals surface area (Å²) in [5.74, 6) is -6.12. The third kappa shape index (κ3) is 23.1. The lowest BCUT2D eigenvalue weighted by molar-refractivity contribution is -0.370. The quantitative estimate of drug-likeness (QED) is 0.0288. The van der Waals surface area contributed by atoms with Crippen molar-refractivity contribution < 1.29 is 131 Å². The topological polar surface area (TPSA) is 505 Å². The number of amides is 5. The number of rotatable bonds is 33. The maximum atomic E-state index is 13.8. The molecule has 518 valence electrons. The summed E-state index contributed by atoms with van der Waals surface area (Å²) in [4.78, 5) is 86.2. The van der Waals surface area contributed by atoms with Gasteiger partial charge in [0.1, 0.15) is 66.5 Å². The molecule has 0 aromatic carbocycles. The number of carbonyl (C=O) groups is 6. The van der Waals surface area contributed by atoms with Crippen LogP contribution in [0.1, 0.15) is 114 Å². The number of phosphoric acid groups is 1. The van der Waals surface area contributed by atoms with Gasteiger partial charge in [-0.2, -0.15) is 0 Å². The van der Waals surface area contributed by atoms with E-state index in [1.54, 1.807) is 13.0 Å². The lowest BCUT2D eigenvalue weighted by atomic mass is 9.85. The van der Waals surface area contributed by atoms with E-state index < -0.39 is 185 Å². The van der Waals surface area contributed by atoms with Crippen LogP contribution < -0.4 is 27.8 Å². The summed E-state index contributed by atoms with van der Waals surface area (Å²) >= 11 is 0. The molecule has 0 spiro atoms. The number of aliphatic carboxylic acids is 1. The fourth-order valence-electron chi connectivity index (χ4n) is 10.3. The molecule has 22 atom stereocenters. The monoisotopic (exact) mass is 1320 g/mol. The van der Waals surface area contributed by atoms with Gasteiger partial charge in [-0.25, -0.2) is 14.2 Å². The molecule has 0 aromatic rings. The Balaban J connectivity index is 1.51. The summed E-state index contributed by atoms with van der Waals surface area (Å²) < 4.78 is 75.6. The number of nitrogens with two attached hydrogens (primary N) is 3. The van der Waals surface area contributed by atoms with Crippen LogP contribution >= 0.6 is 7.82 Å². The van der Waals surface area contributed by atoms with Crippen molar-refractivity contribution in [3.63, 3.8) is 0 Å². The van der Waals surface area contributed by atoms with E-state index in [4.69, 9.17) is 68.9 Å². The van der Waals surface area contributed by atoms with Gasteiger partial charge in [-0.1, -0.05) is 73.1 Å². The highest BCUT2D eigenvalue weighted by Crippen LogP contribution is 2.49. The second-order valence-corrected chi connectivity index (χ2v) is 25.6. The predicted molar refractivity (Wildman–Crippen MR) is 316 cm³/mol. The molecule has 0 bridgehead atoms. The van der Waals surface area contributed by atoms with Crippen LogP contribution in [-0.4, -0.2) is 230 Å². The molecule has 0 aliphatic carbocycles. The van der Waals surface area contributed by atoms with Gasteiger partial charge in [0.05, 0.1) is 25.9 Å². The second-order valence-electron chi connectivity index (χ2n) is 24.2. The van der Waals surface area contributed by atoms with Crippen LogP contribution in [0.4, 0.5) is 4.79 Å². The number of primary amides is 3. The summed E-state index contributed by atoms with van der Waals surface area (Å²) in [5.41, 5.74) is 17.9. The number of carboxylic acids is 1. The number of nitrogens with one attached hydrogen (secondary N) is 2. The molecule has 0 aromatic heterocycles. The Morgan fingerprint density at radius 2 is 1.30 bits per heavy atom. The SMILES string of the molecule is C=C(C/C=C(\C)CCC=C(C)C)CCC(C)(C)/C=C/CC/C(C)=C/COC(COP(=O)(O)O[C@H]1O[C@H](C(N)=O)[C@@](C)(O)[C@H](OC(N)=O)[C@H]1O[C@@H]1O[C@H](CO)[C@@H](O[C@@H]2O[C@H](C)[C@@H](O[C@H]3O[C@@H](C(N)=O)[C@@H](O)[C@@H](O)[C@@H]3O)[C@H](O)[C@H]2NC(C)=O)[C@@H](O)[C@H]1NC(C)=O)C(=O)O. The van der Waals surface area contributed by atoms with Crippen molar-refractivity contribution >= 4 is 43.5 Å². The number of carbonyl (C=O) groups excluding carboxylic acids is 5. The van der Waals surface area contributed by atoms with E-state index in [1.807, 2.05) is 0 Å². The Morgan fingerprint density at radius 3 is 1.86 bits per heavy atom. The molecule has 2 unspecified atom stereocenters. The van der Waals surface area contributed by atoms with Crippen LogP contribution in [0, 0.1) is 5.41 Å². The van der Waals surface area contributed by atoms with Gasteiger partial charge in [0.2, 0.25) is 23.6 Å². The highest BCUT2D eigenvalue weighted by Gasteiger charge is 2.62. The normalized spacial score (nSPS) is 34.3. The van der Waals surface area contributed by atoms with Gasteiger partial charge in [0, 0.05) is 13.8 Å². The smallest absolute Gasteiger partial charge is 0.474 e. The van der Waals surface area contributed by atoms with Crippen molar-refractivity contribution in [2.75, 3.05) is 19.8 Å². The molecule has 4 rings (SSSR count). The van der Waals surface area contributed by atoms with Gasteiger partial charge in [-0.05, 0) is 91.9 Å². The fourth-order valence-corrected chi connectivity index (χ4v) is 11.1. The van der Waals surface area contributed by atoms with Gasteiger partial charge in [0.15, 0.2) is 55.7 Å². The first kappa shape index (κ1) is 78.3. The molecule has 0 saturated carbocycles. The van der Waals surface area contributed by atoms with E-state index in [1.165, 1.54) is 18.1 Å². The van der Waals surface area contributed by atoms with Crippen molar-refractivity contribution in [1.82, 2.24) is 10.6 Å². The first-order valence-electron chi connectivity index (χ1n) is 29.5. The zero-order chi connectivity index (χ0) is 68.6. The Bertz CT molecular complexity index is 2670. The summed E-state index contributed by atoms with van der Waals surface area (Å²) in [6, 6.07) is -3.63. The number of carboxylic acid groups (broad SMARTS) is 1. The van der Waals surface area contributed by atoms with Crippen molar-refractivity contribution in [3.05, 3.63) is 59.3 Å². The first-order chi connectivity index (χ1) is 42.3. The van der Waals surface area contributed by atoms with Gasteiger partial charge >= 0.3 is 19.9 Å². The van der Waals surface area contributed by atoms with E-state index in [-0.39, 0.29) is 12.0 Å². The zero-order valence-electron chi connectivity index (χ0n) is 52.8. The number of aliphatic hydroxyl groups is 7. The highest BCUT2D eigenvalue weighted by atomic mass is 31.2. The van der Waals surface area contributed by atoms with E-state index in [0.29, 0.717) is 12.8 Å². The van der Waals surface area contributed by atoms with E-state index in [9.17, 15) is 79.1 Å². The molecule has 5 amide bonds. The Hall–Kier alpha value is -5.17. The van der Waals surface area contributed by atoms with Crippen molar-refractivity contribution in [1.29, 1.82) is 0 Å². The summed E-state index contributed by atoms with van der Waals surface area (Å²) in [6.07, 6.45) is -21.7. The number of aliphatic hydroxyl groups excluding tert-OH is 6. The number of hydrogen-bond acceptors (Lipinski definition) is 25. The highest BCUT2D eigenvalue weighted by molar-refractivity contribution is 7.47. The lowest BCUT2D eigenvalue weighted by Crippen LogP contribution is -2.72. The predicted octanol–water partition coefficient (Wildman–Crippen LogP) is -0.615. The van der Waals surface area contributed by atoms with E-state index in [2.05, 4.69) is 76.1 Å². The minimum absolute atomic E-state index is 0.110. The third-order valence-electron chi connectivity index (χ3n) is 15.4. The third-order valence-corrected chi connectivity index (χ3v) is 16.4. The average molecular weight is 1320 g/mol. The average Bonchev–Trinajstić information content (AvgIpc) is 0.764. The van der Waals surface area contributed by atoms with Crippen LogP contribution in [-0.2, 0) is 80.2 Å². The maximum Gasteiger partial charge on any atom is 0.474 e.